The normalized spacial score (nSPS) is 21.3. The van der Waals surface area contributed by atoms with Crippen LogP contribution in [0.2, 0.25) is 0 Å². The Labute approximate surface area is 791 Å². The van der Waals surface area contributed by atoms with Gasteiger partial charge in [0.25, 0.3) is 0 Å². The maximum Gasteiger partial charge on any atom is 0.120 e. The molecule has 7 N–H and O–H groups in total. The Hall–Kier alpha value is -9.40. The maximum atomic E-state index is 9.86. The van der Waals surface area contributed by atoms with Gasteiger partial charge in [0.05, 0.1) is 30.5 Å². The lowest BCUT2D eigenvalue weighted by Crippen LogP contribution is -2.33. The number of nitrogens with one attached hydrogen (secondary N) is 4. The van der Waals surface area contributed by atoms with Gasteiger partial charge in [-0.1, -0.05) is 215 Å². The number of nitrogen functional groups attached to an aromatic ring is 1. The predicted octanol–water partition coefficient (Wildman–Crippen LogP) is 27.3. The van der Waals surface area contributed by atoms with E-state index in [0.717, 1.165) is 142 Å². The van der Waals surface area contributed by atoms with E-state index in [1.165, 1.54) is 176 Å². The molecule has 10 aromatic rings. The van der Waals surface area contributed by atoms with E-state index in [0.29, 0.717) is 78.3 Å². The molecule has 5 aliphatic carbocycles. The van der Waals surface area contributed by atoms with Crippen molar-refractivity contribution in [3.8, 4) is 34.5 Å². The van der Waals surface area contributed by atoms with Gasteiger partial charge in [-0.05, 0) is 405 Å². The topological polar surface area (TPSA) is 144 Å². The molecule has 0 aliphatic heterocycles. The molecule has 0 heterocycles. The fourth-order valence-electron chi connectivity index (χ4n) is 20.3. The first-order valence-corrected chi connectivity index (χ1v) is 50.4. The van der Waals surface area contributed by atoms with Crippen LogP contribution in [0, 0.1) is 115 Å². The van der Waals surface area contributed by atoms with Gasteiger partial charge in [0.1, 0.15) is 34.5 Å². The maximum absolute atomic E-state index is 9.86. The van der Waals surface area contributed by atoms with E-state index in [-0.39, 0.29) is 0 Å². The molecule has 12 heteroatoms. The summed E-state index contributed by atoms with van der Waals surface area (Å²) in [5.74, 6) is 12.5. The van der Waals surface area contributed by atoms with Crippen molar-refractivity contribution < 1.29 is 28.8 Å². The third-order valence-corrected chi connectivity index (χ3v) is 28.3. The number of aryl methyl sites for hydroxylation is 8. The number of nitrogens with two attached hydrogens (primary N) is 1. The van der Waals surface area contributed by atoms with E-state index in [2.05, 4.69) is 323 Å². The minimum absolute atomic E-state index is 0.330. The minimum Gasteiger partial charge on any atom is -0.508 e. The van der Waals surface area contributed by atoms with Crippen LogP contribution in [0.5, 0.6) is 34.5 Å². The lowest BCUT2D eigenvalue weighted by molar-refractivity contribution is 0.0913. The molecule has 0 spiro atoms. The summed E-state index contributed by atoms with van der Waals surface area (Å²) in [6, 6.07) is 84.4. The van der Waals surface area contributed by atoms with E-state index in [9.17, 15) is 5.11 Å². The van der Waals surface area contributed by atoms with Crippen molar-refractivity contribution >= 4 is 5.69 Å². The molecule has 706 valence electrons. The third-order valence-electron chi connectivity index (χ3n) is 28.3. The van der Waals surface area contributed by atoms with Gasteiger partial charge in [-0.2, -0.15) is 0 Å². The Kier molecular flexibility index (Phi) is 42.6. The molecule has 15 rings (SSSR count). The second-order valence-electron chi connectivity index (χ2n) is 40.4. The molecule has 131 heavy (non-hydrogen) atoms. The van der Waals surface area contributed by atoms with Gasteiger partial charge in [0.2, 0.25) is 0 Å². The van der Waals surface area contributed by atoms with E-state index in [1.807, 2.05) is 36.4 Å². The highest BCUT2D eigenvalue weighted by atomic mass is 16.5. The largest absolute Gasteiger partial charge is 0.508 e. The number of phenolic OH excluding ortho intramolecular Hbond substituents is 1. The molecular weight excluding hydrogens is 1610 g/mol. The molecule has 0 bridgehead atoms. The molecule has 5 aliphatic rings. The van der Waals surface area contributed by atoms with E-state index in [4.69, 9.17) is 29.4 Å². The first kappa shape index (κ1) is 102. The number of aromatic hydroxyl groups is 1. The lowest BCUT2D eigenvalue weighted by Gasteiger charge is -2.35. The quantitative estimate of drug-likeness (QED) is 0.0211. The van der Waals surface area contributed by atoms with Gasteiger partial charge in [0, 0.05) is 50.5 Å². The molecule has 0 radical (unpaired) electrons. The summed E-state index contributed by atoms with van der Waals surface area (Å²) in [6.45, 7) is 38.8. The van der Waals surface area contributed by atoms with Gasteiger partial charge in [-0.15, -0.1) is 0 Å². The summed E-state index contributed by atoms with van der Waals surface area (Å²) in [5, 5.41) is 24.3. The SMILES string of the molecule is Cc1ccc(CN(C)CC(C)C2CCCC(Oc3cccc(C)c3)C2)cc1.Cc1ccc(CNCC(C)C2CCCC(Oc3cccc(C)c3)C2)cc1.Cc1ccc(CNCC(C)C2CCCC(Oc3cccc(C)c3)C2)cc1.Cc1cccc(OC2CCCC(C(C)CNCc3cccc(N)c3)C2)c1.Cc1cccc(OC2CCCC(C(C)CNCc3ccccc3O)C2)c1. The number of anilines is 1. The highest BCUT2D eigenvalue weighted by molar-refractivity contribution is 5.41. The van der Waals surface area contributed by atoms with Crippen molar-refractivity contribution in [2.45, 2.75) is 282 Å². The number of hydrogen-bond acceptors (Lipinski definition) is 12. The third kappa shape index (κ3) is 37.2. The van der Waals surface area contributed by atoms with Crippen LogP contribution in [0.4, 0.5) is 5.69 Å². The Balaban J connectivity index is 0.000000158. The Morgan fingerprint density at radius 3 is 0.885 bits per heavy atom. The van der Waals surface area contributed by atoms with Crippen LogP contribution in [0.15, 0.2) is 243 Å². The van der Waals surface area contributed by atoms with Gasteiger partial charge in [-0.3, -0.25) is 0 Å². The highest BCUT2D eigenvalue weighted by Gasteiger charge is 2.33. The zero-order chi connectivity index (χ0) is 92.6. The van der Waals surface area contributed by atoms with Crippen LogP contribution in [0.25, 0.3) is 0 Å². The second-order valence-corrected chi connectivity index (χ2v) is 40.4. The fourth-order valence-corrected chi connectivity index (χ4v) is 20.3. The van der Waals surface area contributed by atoms with Crippen LogP contribution in [0.1, 0.15) is 235 Å². The molecule has 5 saturated carbocycles. The number of hydrogen-bond donors (Lipinski definition) is 6. The molecule has 15 atom stereocenters. The Morgan fingerprint density at radius 1 is 0.298 bits per heavy atom. The predicted molar refractivity (Wildman–Crippen MR) is 549 cm³/mol. The van der Waals surface area contributed by atoms with Crippen molar-refractivity contribution in [2.24, 2.45) is 59.2 Å². The monoisotopic (exact) mass is 1770 g/mol. The van der Waals surface area contributed by atoms with Crippen LogP contribution < -0.4 is 50.7 Å². The summed E-state index contributed by atoms with van der Waals surface area (Å²) in [4.78, 5) is 2.47. The molecule has 12 nitrogen and oxygen atoms in total. The summed E-state index contributed by atoms with van der Waals surface area (Å²) in [6.07, 6.45) is 26.5. The van der Waals surface area contributed by atoms with Crippen molar-refractivity contribution in [1.82, 2.24) is 26.2 Å². The smallest absolute Gasteiger partial charge is 0.120 e. The first-order chi connectivity index (χ1) is 63.4. The molecule has 0 saturated heterocycles. The van der Waals surface area contributed by atoms with Crippen LogP contribution in [-0.2, 0) is 32.7 Å². The van der Waals surface area contributed by atoms with E-state index < -0.39 is 0 Å². The summed E-state index contributed by atoms with van der Waals surface area (Å²) in [5.41, 5.74) is 23.3. The number of ether oxygens (including phenoxy) is 5. The number of rotatable bonds is 35. The second kappa shape index (κ2) is 54.7. The Morgan fingerprint density at radius 2 is 0.580 bits per heavy atom. The van der Waals surface area contributed by atoms with Crippen molar-refractivity contribution in [3.05, 3.63) is 315 Å². The molecule has 0 amide bonds. The summed E-state index contributed by atoms with van der Waals surface area (Å²) < 4.78 is 31.4. The van der Waals surface area contributed by atoms with Gasteiger partial charge >= 0.3 is 0 Å². The molecule has 5 fully saturated rings. The summed E-state index contributed by atoms with van der Waals surface area (Å²) >= 11 is 0. The van der Waals surface area contributed by atoms with Crippen molar-refractivity contribution in [3.63, 3.8) is 0 Å². The van der Waals surface area contributed by atoms with Gasteiger partial charge in [-0.25, -0.2) is 0 Å². The van der Waals surface area contributed by atoms with Crippen molar-refractivity contribution in [2.75, 3.05) is 45.5 Å². The lowest BCUT2D eigenvalue weighted by atomic mass is 9.79. The summed E-state index contributed by atoms with van der Waals surface area (Å²) in [7, 11) is 2.25. The minimum atomic E-state index is 0.330. The zero-order valence-electron chi connectivity index (χ0n) is 82.5. The zero-order valence-corrected chi connectivity index (χ0v) is 82.5. The number of para-hydroxylation sites is 1. The number of benzene rings is 10. The highest BCUT2D eigenvalue weighted by Crippen LogP contribution is 2.39. The van der Waals surface area contributed by atoms with Crippen LogP contribution in [0.3, 0.4) is 0 Å². The first-order valence-electron chi connectivity index (χ1n) is 50.4. The number of nitrogens with zero attached hydrogens (tertiary/aromatic N) is 1. The number of phenols is 1. The molecule has 0 aromatic heterocycles. The average Bonchev–Trinajstić information content (AvgIpc) is 0.866. The van der Waals surface area contributed by atoms with Crippen LogP contribution in [-0.4, -0.2) is 80.3 Å². The molecule has 15 unspecified atom stereocenters. The molecule has 10 aromatic carbocycles. The average molecular weight is 1770 g/mol. The molecular formula is C119H164N6O6. The van der Waals surface area contributed by atoms with E-state index >= 15 is 0 Å². The fraction of sp³-hybridized carbons (Fsp3) is 0.496. The van der Waals surface area contributed by atoms with Gasteiger partial charge < -0.3 is 60.7 Å². The van der Waals surface area contributed by atoms with Crippen molar-refractivity contribution in [1.29, 1.82) is 0 Å². The van der Waals surface area contributed by atoms with Gasteiger partial charge in [0.15, 0.2) is 0 Å². The van der Waals surface area contributed by atoms with E-state index in [1.54, 1.807) is 6.07 Å². The standard InChI is InChI=1S/C25H35NO.2C24H33NO.C23H32N2O.C23H31NO2/c1-19-11-13-22(14-12-19)18-26(4)17-21(3)23-8-6-10-25(16-23)27-24-9-5-7-20(2)15-24;2*1-18-10-12-21(13-11-18)17-25-16-20(3)22-7-5-9-24(15-22)26-23-8-4-6-19(2)14-23;1-17-6-3-10-22(12-17)26-23-11-5-8-20(14-23)18(2)15-25-16-19-7-4-9-21(24)13-19;1-17-7-5-10-21(13-17)26-22-11-6-9-19(14-22)18(2)15-24-16-20-8-3-4-12-23(20)25/h5,7,9,11-15,21,23,25H,6,8,10,16-18H2,1-4H3;2*4,6,8,10-14,20,22,24-25H,5,7,9,15-17H2,1-3H3;3-4,6-7,9-10,12-13,18,20,23,25H,5,8,11,14-16,24H2,1-2H3;3-5,7-8,10,12-13,18-19,22,24-25H,6,9,11,14-16H2,1-2H3. The van der Waals surface area contributed by atoms with Crippen LogP contribution >= 0.6 is 0 Å². The Bertz CT molecular complexity index is 4760.